The summed E-state index contributed by atoms with van der Waals surface area (Å²) in [5.74, 6) is 1.36. The van der Waals surface area contributed by atoms with Gasteiger partial charge in [-0.3, -0.25) is 0 Å². The summed E-state index contributed by atoms with van der Waals surface area (Å²) in [6.45, 7) is 0. The smallest absolute Gasteiger partial charge is 0.174 e. The molecule has 40 heavy (non-hydrogen) atoms. The van der Waals surface area contributed by atoms with Crippen molar-refractivity contribution in [2.45, 2.75) is 0 Å². The lowest BCUT2D eigenvalue weighted by Crippen LogP contribution is -2.26. The molecule has 0 aliphatic heterocycles. The molecule has 0 N–H and O–H groups in total. The molecule has 0 saturated heterocycles. The van der Waals surface area contributed by atoms with Crippen LogP contribution >= 0.6 is 15.1 Å². The van der Waals surface area contributed by atoms with Crippen molar-refractivity contribution in [3.8, 4) is 11.5 Å². The highest BCUT2D eigenvalue weighted by Gasteiger charge is 2.33. The van der Waals surface area contributed by atoms with E-state index in [1.165, 1.54) is 10.6 Å². The largest absolute Gasteiger partial charge is 0.456 e. The van der Waals surface area contributed by atoms with Gasteiger partial charge in [-0.2, -0.15) is 0 Å². The average molecular weight is 555 g/mol. The van der Waals surface area contributed by atoms with E-state index in [9.17, 15) is 0 Å². The summed E-state index contributed by atoms with van der Waals surface area (Å²) in [6, 6.07) is 56.6. The minimum atomic E-state index is -3.23. The van der Waals surface area contributed by atoms with Crippen molar-refractivity contribution >= 4 is 46.9 Å². The molecule has 0 radical (unpaired) electrons. The number of para-hydroxylation sites is 2. The van der Waals surface area contributed by atoms with Crippen LogP contribution in [0.1, 0.15) is 0 Å². The minimum Gasteiger partial charge on any atom is -0.456 e. The maximum Gasteiger partial charge on any atom is 0.174 e. The lowest BCUT2D eigenvalue weighted by Gasteiger charge is -2.25. The molecular weight excluding hydrogens is 526 g/mol. The van der Waals surface area contributed by atoms with Gasteiger partial charge in [0.05, 0.1) is 5.30 Å². The van der Waals surface area contributed by atoms with E-state index in [0.29, 0.717) is 11.1 Å². The van der Waals surface area contributed by atoms with Gasteiger partial charge in [0.1, 0.15) is 11.5 Å². The zero-order valence-corrected chi connectivity index (χ0v) is 23.7. The molecule has 0 spiro atoms. The first-order valence-corrected chi connectivity index (χ1v) is 16.3. The summed E-state index contributed by atoms with van der Waals surface area (Å²) in [5, 5.41) is 5.84. The summed E-state index contributed by atoms with van der Waals surface area (Å²) in [6.07, 6.45) is 0. The normalized spacial score (nSPS) is 11.3. The second-order valence-corrected chi connectivity index (χ2v) is 14.2. The number of benzene rings is 6. The fourth-order valence-electron chi connectivity index (χ4n) is 4.93. The predicted octanol–water partition coefficient (Wildman–Crippen LogP) is 6.88. The highest BCUT2D eigenvalue weighted by atomic mass is 31.2. The molecule has 4 heteroatoms. The van der Waals surface area contributed by atoms with E-state index < -0.39 is 15.1 Å². The molecule has 0 amide bonds. The van der Waals surface area contributed by atoms with E-state index in [4.69, 9.17) is 4.74 Å². The van der Waals surface area contributed by atoms with Gasteiger partial charge in [-0.1, -0.05) is 152 Å². The van der Waals surface area contributed by atoms with Crippen LogP contribution < -0.4 is 36.6 Å². The van der Waals surface area contributed by atoms with Gasteiger partial charge in [0.15, 0.2) is 7.14 Å². The van der Waals surface area contributed by atoms with Gasteiger partial charge in [-0.25, -0.2) is 0 Å². The Morgan fingerprint density at radius 3 is 1.35 bits per heavy atom. The van der Waals surface area contributed by atoms with E-state index in [0.717, 1.165) is 21.7 Å². The molecule has 0 saturated carbocycles. The van der Waals surface area contributed by atoms with Gasteiger partial charge >= 0.3 is 0 Å². The zero-order valence-electron chi connectivity index (χ0n) is 21.9. The highest BCUT2D eigenvalue weighted by Crippen LogP contribution is 2.46. The minimum absolute atomic E-state index is 0.599. The first kappa shape index (κ1) is 26.0. The van der Waals surface area contributed by atoms with Gasteiger partial charge in [0.2, 0.25) is 0 Å². The highest BCUT2D eigenvalue weighted by molar-refractivity contribution is 7.85. The topological polar surface area (TPSA) is 26.3 Å². The Labute approximate surface area is 237 Å². The second-order valence-electron chi connectivity index (χ2n) is 9.32. The van der Waals surface area contributed by atoms with Crippen LogP contribution in [0.15, 0.2) is 170 Å². The van der Waals surface area contributed by atoms with Crippen LogP contribution in [0.3, 0.4) is 0 Å². The maximum absolute atomic E-state index is 15.2. The molecule has 194 valence electrons. The number of hydrogen-bond acceptors (Lipinski definition) is 2. The third-order valence-electron chi connectivity index (χ3n) is 6.80. The third-order valence-corrected chi connectivity index (χ3v) is 12.4. The Morgan fingerprint density at radius 1 is 0.425 bits per heavy atom. The SMILES string of the molecule is O=P(c1ccccc1)(c1ccccc1)c1ccccc1Oc1ccccc1P(c1ccccc1)c1ccccc1. The van der Waals surface area contributed by atoms with E-state index >= 15 is 4.57 Å². The van der Waals surface area contributed by atoms with Crippen LogP contribution in [-0.2, 0) is 4.57 Å². The molecule has 6 aromatic carbocycles. The molecule has 0 atom stereocenters. The quantitative estimate of drug-likeness (QED) is 0.192. The summed E-state index contributed by atoms with van der Waals surface area (Å²) in [7, 11) is -4.11. The summed E-state index contributed by atoms with van der Waals surface area (Å²) < 4.78 is 22.0. The molecule has 0 aliphatic rings. The monoisotopic (exact) mass is 554 g/mol. The Balaban J connectivity index is 1.50. The van der Waals surface area contributed by atoms with Gasteiger partial charge in [-0.05, 0) is 36.7 Å². The fraction of sp³-hybridized carbons (Fsp3) is 0. The van der Waals surface area contributed by atoms with Gasteiger partial charge in [0, 0.05) is 15.9 Å². The lowest BCUT2D eigenvalue weighted by molar-refractivity contribution is 0.490. The maximum atomic E-state index is 15.2. The standard InChI is InChI=1S/C36H28O2P2/c37-40(31-21-9-3-10-22-31,32-23-11-4-12-24-32)36-28-16-14-26-34(36)38-33-25-13-15-27-35(33)39(29-17-5-1-6-18-29)30-19-7-2-8-20-30/h1-28H. The van der Waals surface area contributed by atoms with Crippen LogP contribution in [0.2, 0.25) is 0 Å². The molecule has 0 unspecified atom stereocenters. The third kappa shape index (κ3) is 5.17. The molecular formula is C36H28O2P2. The van der Waals surface area contributed by atoms with Crippen molar-refractivity contribution in [2.24, 2.45) is 0 Å². The Bertz CT molecular complexity index is 1660. The van der Waals surface area contributed by atoms with E-state index in [1.54, 1.807) is 0 Å². The second kappa shape index (κ2) is 11.9. The van der Waals surface area contributed by atoms with Crippen LogP contribution in [-0.4, -0.2) is 0 Å². The van der Waals surface area contributed by atoms with E-state index in [2.05, 4.69) is 60.7 Å². The summed E-state index contributed by atoms with van der Waals surface area (Å²) >= 11 is 0. The fourth-order valence-corrected chi connectivity index (χ4v) is 10.1. The lowest BCUT2D eigenvalue weighted by atomic mass is 10.3. The Kier molecular flexibility index (Phi) is 7.73. The van der Waals surface area contributed by atoms with Crippen molar-refractivity contribution in [3.05, 3.63) is 170 Å². The molecule has 6 aromatic rings. The summed E-state index contributed by atoms with van der Waals surface area (Å²) in [4.78, 5) is 0. The molecule has 0 aliphatic carbocycles. The van der Waals surface area contributed by atoms with Crippen LogP contribution in [0, 0.1) is 0 Å². The number of hydrogen-bond donors (Lipinski definition) is 0. The Morgan fingerprint density at radius 2 is 0.825 bits per heavy atom. The van der Waals surface area contributed by atoms with Gasteiger partial charge in [0.25, 0.3) is 0 Å². The van der Waals surface area contributed by atoms with Crippen molar-refractivity contribution < 1.29 is 9.30 Å². The first-order valence-electron chi connectivity index (χ1n) is 13.2. The molecule has 0 aromatic heterocycles. The average Bonchev–Trinajstić information content (AvgIpc) is 3.04. The zero-order chi connectivity index (χ0) is 27.2. The van der Waals surface area contributed by atoms with Crippen LogP contribution in [0.5, 0.6) is 11.5 Å². The first-order chi connectivity index (χ1) is 19.7. The van der Waals surface area contributed by atoms with Crippen LogP contribution in [0.25, 0.3) is 0 Å². The van der Waals surface area contributed by atoms with Gasteiger partial charge in [-0.15, -0.1) is 0 Å². The van der Waals surface area contributed by atoms with Crippen molar-refractivity contribution in [3.63, 3.8) is 0 Å². The van der Waals surface area contributed by atoms with Crippen molar-refractivity contribution in [2.75, 3.05) is 0 Å². The number of rotatable bonds is 8. The predicted molar refractivity (Wildman–Crippen MR) is 171 cm³/mol. The molecule has 0 heterocycles. The molecule has 0 fully saturated rings. The Hall–Kier alpha value is -4.22. The number of ether oxygens (including phenoxy) is 1. The van der Waals surface area contributed by atoms with E-state index in [1.807, 2.05) is 109 Å². The molecule has 6 rings (SSSR count). The van der Waals surface area contributed by atoms with Crippen molar-refractivity contribution in [1.29, 1.82) is 0 Å². The van der Waals surface area contributed by atoms with Crippen LogP contribution in [0.4, 0.5) is 0 Å². The van der Waals surface area contributed by atoms with E-state index in [-0.39, 0.29) is 0 Å². The summed E-state index contributed by atoms with van der Waals surface area (Å²) in [5.41, 5.74) is 0. The molecule has 2 nitrogen and oxygen atoms in total. The van der Waals surface area contributed by atoms with Crippen molar-refractivity contribution in [1.82, 2.24) is 0 Å². The van der Waals surface area contributed by atoms with Gasteiger partial charge < -0.3 is 9.30 Å². The molecule has 0 bridgehead atoms.